The van der Waals surface area contributed by atoms with Gasteiger partial charge < -0.3 is 10.4 Å². The van der Waals surface area contributed by atoms with Crippen LogP contribution in [0.3, 0.4) is 0 Å². The van der Waals surface area contributed by atoms with Gasteiger partial charge in [-0.1, -0.05) is 12.8 Å². The minimum atomic E-state index is -0.755. The van der Waals surface area contributed by atoms with Gasteiger partial charge in [0.05, 0.1) is 0 Å². The Morgan fingerprint density at radius 3 is 2.29 bits per heavy atom. The van der Waals surface area contributed by atoms with Crippen LogP contribution in [0.15, 0.2) is 0 Å². The monoisotopic (exact) mass is 385 g/mol. The second-order valence-electron chi connectivity index (χ2n) is 4.97. The summed E-state index contributed by atoms with van der Waals surface area (Å²) >= 11 is 8.61. The summed E-state index contributed by atoms with van der Waals surface area (Å²) in [5.41, 5.74) is 0. The molecule has 0 saturated heterocycles. The third-order valence-corrected chi connectivity index (χ3v) is 3.82. The predicted octanol–water partition coefficient (Wildman–Crippen LogP) is 2.92. The zero-order valence-corrected chi connectivity index (χ0v) is 17.5. The molecule has 21 heavy (non-hydrogen) atoms. The molecule has 0 radical (unpaired) electrons. The van der Waals surface area contributed by atoms with E-state index in [2.05, 4.69) is 30.6 Å². The maximum Gasteiger partial charge on any atom is 2.00 e. The van der Waals surface area contributed by atoms with E-state index in [1.165, 1.54) is 0 Å². The van der Waals surface area contributed by atoms with Gasteiger partial charge in [-0.05, 0) is 37.9 Å². The molecule has 7 heteroatoms. The Kier molecular flexibility index (Phi) is 18.6. The first kappa shape index (κ1) is 23.5. The molecule has 0 rings (SSSR count). The fourth-order valence-corrected chi connectivity index (χ4v) is 2.68. The van der Waals surface area contributed by atoms with Crippen LogP contribution in [-0.4, -0.2) is 34.5 Å². The topological polar surface area (TPSA) is 66.4 Å². The molecule has 0 fully saturated rings. The molecule has 0 aromatic rings. The van der Waals surface area contributed by atoms with E-state index in [0.717, 1.165) is 44.3 Å². The van der Waals surface area contributed by atoms with Gasteiger partial charge in [-0.2, -0.15) is 25.3 Å². The number of hydrogen-bond acceptors (Lipinski definition) is 4. The Hall–Kier alpha value is 0.263. The van der Waals surface area contributed by atoms with Crippen LogP contribution in [0.2, 0.25) is 0 Å². The predicted molar refractivity (Wildman–Crippen MR) is 88.8 cm³/mol. The van der Waals surface area contributed by atoms with E-state index in [1.807, 2.05) is 0 Å². The van der Waals surface area contributed by atoms with Gasteiger partial charge in [0, 0.05) is 24.6 Å². The molecule has 0 aliphatic carbocycles. The van der Waals surface area contributed by atoms with Crippen molar-refractivity contribution in [2.45, 2.75) is 63.0 Å². The third kappa shape index (κ3) is 18.2. The van der Waals surface area contributed by atoms with Crippen molar-refractivity contribution in [3.8, 4) is 0 Å². The molecule has 4 nitrogen and oxygen atoms in total. The first-order valence-electron chi connectivity index (χ1n) is 7.33. The van der Waals surface area contributed by atoms with Gasteiger partial charge in [0.1, 0.15) is 0 Å². The maximum absolute atomic E-state index is 11.5. The molecule has 0 aromatic carbocycles. The van der Waals surface area contributed by atoms with Gasteiger partial charge in [0.2, 0.25) is 5.91 Å². The van der Waals surface area contributed by atoms with Crippen molar-refractivity contribution in [1.82, 2.24) is 5.32 Å². The number of carbonyl (C=O) groups excluding carboxylic acids is 1. The van der Waals surface area contributed by atoms with Gasteiger partial charge in [0.15, 0.2) is 0 Å². The second kappa shape index (κ2) is 16.6. The molecule has 0 saturated carbocycles. The van der Waals surface area contributed by atoms with Crippen LogP contribution in [0.1, 0.15) is 57.8 Å². The molecule has 0 aliphatic rings. The third-order valence-electron chi connectivity index (χ3n) is 3.04. The van der Waals surface area contributed by atoms with Crippen LogP contribution in [0.25, 0.3) is 0 Å². The number of aliphatic carboxylic acids is 1. The molecule has 0 spiro atoms. The zero-order valence-electron chi connectivity index (χ0n) is 12.7. The van der Waals surface area contributed by atoms with E-state index in [9.17, 15) is 9.59 Å². The summed E-state index contributed by atoms with van der Waals surface area (Å²) in [4.78, 5) is 21.8. The summed E-state index contributed by atoms with van der Waals surface area (Å²) in [6.45, 7) is 0.646. The molecule has 0 aromatic heterocycles. The Labute approximate surface area is 151 Å². The Balaban J connectivity index is 0. The quantitative estimate of drug-likeness (QED) is 0.223. The number of hydrogen-bond donors (Lipinski definition) is 4. The summed E-state index contributed by atoms with van der Waals surface area (Å²) < 4.78 is 0. The van der Waals surface area contributed by atoms with Crippen LogP contribution in [-0.2, 0) is 29.1 Å². The SMILES string of the molecule is O=C(O)CCCCCNC(=O)CCCCC(S)CCS.[Zn+2]. The van der Waals surface area contributed by atoms with E-state index in [4.69, 9.17) is 5.11 Å². The van der Waals surface area contributed by atoms with Crippen LogP contribution in [0.4, 0.5) is 0 Å². The van der Waals surface area contributed by atoms with Crippen molar-refractivity contribution in [3.63, 3.8) is 0 Å². The molecule has 118 valence electrons. The van der Waals surface area contributed by atoms with Crippen LogP contribution in [0, 0.1) is 0 Å². The number of rotatable bonds is 13. The smallest absolute Gasteiger partial charge is 0.481 e. The van der Waals surface area contributed by atoms with Crippen molar-refractivity contribution >= 4 is 37.1 Å². The van der Waals surface area contributed by atoms with Gasteiger partial charge >= 0.3 is 25.4 Å². The van der Waals surface area contributed by atoms with Gasteiger partial charge in [-0.15, -0.1) is 0 Å². The average molecular weight is 387 g/mol. The molecule has 1 amide bonds. The van der Waals surface area contributed by atoms with Crippen molar-refractivity contribution in [3.05, 3.63) is 0 Å². The minimum absolute atomic E-state index is 0. The van der Waals surface area contributed by atoms with E-state index in [-0.39, 0.29) is 31.8 Å². The molecular formula is C14H27NO3S2Zn+2. The Bertz CT molecular complexity index is 281. The number of nitrogens with one attached hydrogen (secondary N) is 1. The molecule has 0 aliphatic heterocycles. The largest absolute Gasteiger partial charge is 2.00 e. The van der Waals surface area contributed by atoms with E-state index >= 15 is 0 Å². The van der Waals surface area contributed by atoms with Crippen molar-refractivity contribution in [2.75, 3.05) is 12.3 Å². The normalized spacial score (nSPS) is 11.5. The number of carbonyl (C=O) groups is 2. The van der Waals surface area contributed by atoms with E-state index in [0.29, 0.717) is 24.6 Å². The molecule has 1 atom stereocenters. The Morgan fingerprint density at radius 2 is 1.67 bits per heavy atom. The fourth-order valence-electron chi connectivity index (χ4n) is 1.85. The number of amides is 1. The molecule has 0 heterocycles. The van der Waals surface area contributed by atoms with Gasteiger partial charge in [0.25, 0.3) is 0 Å². The fraction of sp³-hybridized carbons (Fsp3) is 0.857. The van der Waals surface area contributed by atoms with E-state index < -0.39 is 5.97 Å². The second-order valence-corrected chi connectivity index (χ2v) is 6.14. The summed E-state index contributed by atoms with van der Waals surface area (Å²) in [6, 6.07) is 0. The molecule has 0 bridgehead atoms. The maximum atomic E-state index is 11.5. The average Bonchev–Trinajstić information content (AvgIpc) is 2.39. The standard InChI is InChI=1S/C14H27NO3S2.Zn/c16-13(7-4-3-6-12(20)9-11-19)15-10-5-1-2-8-14(17)18;/h12,19-20H,1-11H2,(H,15,16)(H,17,18);/q;+2. The van der Waals surface area contributed by atoms with Crippen LogP contribution >= 0.6 is 25.3 Å². The summed E-state index contributed by atoms with van der Waals surface area (Å²) in [5, 5.41) is 11.7. The minimum Gasteiger partial charge on any atom is -0.481 e. The van der Waals surface area contributed by atoms with Gasteiger partial charge in [-0.3, -0.25) is 9.59 Å². The van der Waals surface area contributed by atoms with Crippen molar-refractivity contribution in [2.24, 2.45) is 0 Å². The van der Waals surface area contributed by atoms with E-state index in [1.54, 1.807) is 0 Å². The first-order chi connectivity index (χ1) is 9.56. The summed E-state index contributed by atoms with van der Waals surface area (Å²) in [6.07, 6.45) is 7.11. The van der Waals surface area contributed by atoms with Gasteiger partial charge in [-0.25, -0.2) is 0 Å². The van der Waals surface area contributed by atoms with Crippen LogP contribution in [0.5, 0.6) is 0 Å². The van der Waals surface area contributed by atoms with Crippen LogP contribution < -0.4 is 5.32 Å². The first-order valence-corrected chi connectivity index (χ1v) is 8.48. The molecular weight excluding hydrogens is 360 g/mol. The number of thiol groups is 2. The summed E-state index contributed by atoms with van der Waals surface area (Å²) in [7, 11) is 0. The van der Waals surface area contributed by atoms with Crippen molar-refractivity contribution in [1.29, 1.82) is 0 Å². The Morgan fingerprint density at radius 1 is 1.00 bits per heavy atom. The number of carboxylic acid groups (broad SMARTS) is 1. The zero-order chi connectivity index (χ0) is 15.2. The number of unbranched alkanes of at least 4 members (excludes halogenated alkanes) is 3. The van der Waals surface area contributed by atoms with Crippen molar-refractivity contribution < 1.29 is 34.2 Å². The summed E-state index contributed by atoms with van der Waals surface area (Å²) in [5.74, 6) is 0.193. The number of carboxylic acids is 1. The molecule has 2 N–H and O–H groups in total. The molecule has 1 unspecified atom stereocenters.